The number of nitrogens with zero attached hydrogens (tertiary/aromatic N) is 3. The Balaban J connectivity index is 2.50. The van der Waals surface area contributed by atoms with Gasteiger partial charge in [0.1, 0.15) is 6.04 Å². The summed E-state index contributed by atoms with van der Waals surface area (Å²) in [5.41, 5.74) is 0.572. The molecule has 0 aliphatic carbocycles. The maximum atomic E-state index is 12.2. The Morgan fingerprint density at radius 1 is 1.59 bits per heavy atom. The van der Waals surface area contributed by atoms with Crippen molar-refractivity contribution >= 4 is 11.8 Å². The van der Waals surface area contributed by atoms with Crippen molar-refractivity contribution in [1.82, 2.24) is 14.3 Å². The number of hydrogen-bond donors (Lipinski definition) is 0. The minimum atomic E-state index is -0.160. The van der Waals surface area contributed by atoms with E-state index in [2.05, 4.69) is 18.3 Å². The van der Waals surface area contributed by atoms with Crippen LogP contribution in [0, 0.1) is 5.92 Å². The molecule has 5 nitrogen and oxygen atoms in total. The largest absolute Gasteiger partial charge is 0.377 e. The standard InChI is InChI=1S/C12H17N3O2/c1-5-11-13-15(10-6-17-7-10)12(16)14(11)9(4)8(2)3/h5,8,10H,1,4,6-7H2,2-3H3. The third-order valence-electron chi connectivity index (χ3n) is 2.93. The average molecular weight is 235 g/mol. The van der Waals surface area contributed by atoms with E-state index in [1.165, 1.54) is 9.25 Å². The summed E-state index contributed by atoms with van der Waals surface area (Å²) >= 11 is 0. The Morgan fingerprint density at radius 3 is 2.65 bits per heavy atom. The monoisotopic (exact) mass is 235 g/mol. The molecule has 0 spiro atoms. The van der Waals surface area contributed by atoms with E-state index in [0.29, 0.717) is 19.0 Å². The third-order valence-corrected chi connectivity index (χ3v) is 2.93. The molecule has 1 saturated heterocycles. The molecule has 0 saturated carbocycles. The lowest BCUT2D eigenvalue weighted by Gasteiger charge is -2.24. The molecule has 1 aliphatic heterocycles. The van der Waals surface area contributed by atoms with Crippen molar-refractivity contribution in [2.24, 2.45) is 5.92 Å². The zero-order valence-electron chi connectivity index (χ0n) is 10.2. The van der Waals surface area contributed by atoms with Gasteiger partial charge in [-0.25, -0.2) is 14.0 Å². The first-order valence-corrected chi connectivity index (χ1v) is 5.67. The molecule has 1 aromatic rings. The lowest BCUT2D eigenvalue weighted by Crippen LogP contribution is -2.38. The van der Waals surface area contributed by atoms with Crippen LogP contribution in [0.2, 0.25) is 0 Å². The van der Waals surface area contributed by atoms with E-state index in [9.17, 15) is 4.79 Å². The van der Waals surface area contributed by atoms with E-state index in [1.807, 2.05) is 13.8 Å². The maximum Gasteiger partial charge on any atom is 0.350 e. The highest BCUT2D eigenvalue weighted by Crippen LogP contribution is 2.17. The van der Waals surface area contributed by atoms with Crippen LogP contribution in [-0.4, -0.2) is 27.6 Å². The van der Waals surface area contributed by atoms with Gasteiger partial charge in [-0.1, -0.05) is 27.0 Å². The minimum absolute atomic E-state index is 0.0439. The molecule has 0 N–H and O–H groups in total. The number of rotatable bonds is 4. The SMILES string of the molecule is C=Cc1nn(C2COC2)c(=O)n1C(=C)C(C)C. The Bertz CT molecular complexity index is 506. The van der Waals surface area contributed by atoms with Crippen LogP contribution >= 0.6 is 0 Å². The summed E-state index contributed by atoms with van der Waals surface area (Å²) in [6, 6.07) is 0.0439. The van der Waals surface area contributed by atoms with Crippen LogP contribution in [0.5, 0.6) is 0 Å². The van der Waals surface area contributed by atoms with Crippen LogP contribution in [-0.2, 0) is 4.74 Å². The second kappa shape index (κ2) is 4.33. The molecule has 17 heavy (non-hydrogen) atoms. The van der Waals surface area contributed by atoms with Crippen LogP contribution in [0.15, 0.2) is 18.0 Å². The molecule has 2 heterocycles. The van der Waals surface area contributed by atoms with Gasteiger partial charge in [0.15, 0.2) is 5.82 Å². The van der Waals surface area contributed by atoms with E-state index >= 15 is 0 Å². The van der Waals surface area contributed by atoms with Gasteiger partial charge in [0.05, 0.1) is 13.2 Å². The van der Waals surface area contributed by atoms with E-state index in [-0.39, 0.29) is 17.6 Å². The van der Waals surface area contributed by atoms with Crippen molar-refractivity contribution in [3.63, 3.8) is 0 Å². The fraction of sp³-hybridized carbons (Fsp3) is 0.500. The number of aromatic nitrogens is 3. The van der Waals surface area contributed by atoms with Crippen molar-refractivity contribution in [2.75, 3.05) is 13.2 Å². The fourth-order valence-electron chi connectivity index (χ4n) is 1.66. The summed E-state index contributed by atoms with van der Waals surface area (Å²) in [7, 11) is 0. The predicted molar refractivity (Wildman–Crippen MR) is 66.6 cm³/mol. The Kier molecular flexibility index (Phi) is 3.02. The van der Waals surface area contributed by atoms with Gasteiger partial charge in [-0.3, -0.25) is 0 Å². The molecule has 1 aromatic heterocycles. The highest BCUT2D eigenvalue weighted by atomic mass is 16.5. The molecule has 0 atom stereocenters. The van der Waals surface area contributed by atoms with Crippen LogP contribution in [0.25, 0.3) is 11.8 Å². The van der Waals surface area contributed by atoms with Crippen LogP contribution < -0.4 is 5.69 Å². The molecule has 1 aliphatic rings. The van der Waals surface area contributed by atoms with Crippen molar-refractivity contribution in [2.45, 2.75) is 19.9 Å². The van der Waals surface area contributed by atoms with E-state index in [1.54, 1.807) is 6.08 Å². The first kappa shape index (κ1) is 11.9. The highest BCUT2D eigenvalue weighted by Gasteiger charge is 2.26. The second-order valence-corrected chi connectivity index (χ2v) is 4.46. The third kappa shape index (κ3) is 1.86. The Hall–Kier alpha value is -1.62. The Labute approximate surface area is 100 Å². The van der Waals surface area contributed by atoms with E-state index < -0.39 is 0 Å². The Morgan fingerprint density at radius 2 is 2.24 bits per heavy atom. The molecule has 92 valence electrons. The molecule has 0 unspecified atom stereocenters. The molecule has 5 heteroatoms. The van der Waals surface area contributed by atoms with Crippen LogP contribution in [0.3, 0.4) is 0 Å². The van der Waals surface area contributed by atoms with E-state index in [4.69, 9.17) is 4.74 Å². The maximum absolute atomic E-state index is 12.2. The normalized spacial score (nSPS) is 15.9. The van der Waals surface area contributed by atoms with Gasteiger partial charge in [0.2, 0.25) is 0 Å². The lowest BCUT2D eigenvalue weighted by molar-refractivity contribution is -0.0303. The van der Waals surface area contributed by atoms with Crippen molar-refractivity contribution in [3.8, 4) is 0 Å². The number of hydrogen-bond acceptors (Lipinski definition) is 3. The molecule has 1 fully saturated rings. The number of ether oxygens (including phenoxy) is 1. The predicted octanol–water partition coefficient (Wildman–Crippen LogP) is 1.39. The van der Waals surface area contributed by atoms with E-state index in [0.717, 1.165) is 5.70 Å². The van der Waals surface area contributed by atoms with Gasteiger partial charge >= 0.3 is 5.69 Å². The van der Waals surface area contributed by atoms with Crippen molar-refractivity contribution < 1.29 is 4.74 Å². The van der Waals surface area contributed by atoms with Crippen LogP contribution in [0.1, 0.15) is 25.7 Å². The average Bonchev–Trinajstić information content (AvgIpc) is 2.53. The zero-order chi connectivity index (χ0) is 12.6. The molecule has 0 amide bonds. The molecule has 0 radical (unpaired) electrons. The summed E-state index contributed by atoms with van der Waals surface area (Å²) in [5.74, 6) is 0.724. The summed E-state index contributed by atoms with van der Waals surface area (Å²) in [4.78, 5) is 12.2. The second-order valence-electron chi connectivity index (χ2n) is 4.46. The fourth-order valence-corrected chi connectivity index (χ4v) is 1.66. The van der Waals surface area contributed by atoms with Gasteiger partial charge in [0.25, 0.3) is 0 Å². The summed E-state index contributed by atoms with van der Waals surface area (Å²) < 4.78 is 8.07. The quantitative estimate of drug-likeness (QED) is 0.792. The number of allylic oxidation sites excluding steroid dienone is 1. The van der Waals surface area contributed by atoms with Crippen LogP contribution in [0.4, 0.5) is 0 Å². The van der Waals surface area contributed by atoms with Gasteiger partial charge in [-0.15, -0.1) is 5.10 Å². The summed E-state index contributed by atoms with van der Waals surface area (Å²) in [5, 5.41) is 4.26. The van der Waals surface area contributed by atoms with Gasteiger partial charge in [-0.2, -0.15) is 0 Å². The lowest BCUT2D eigenvalue weighted by atomic mass is 10.1. The van der Waals surface area contributed by atoms with Gasteiger partial charge in [0, 0.05) is 5.70 Å². The topological polar surface area (TPSA) is 49.1 Å². The summed E-state index contributed by atoms with van der Waals surface area (Å²) in [6.07, 6.45) is 1.57. The highest BCUT2D eigenvalue weighted by molar-refractivity contribution is 5.50. The smallest absolute Gasteiger partial charge is 0.350 e. The zero-order valence-corrected chi connectivity index (χ0v) is 10.2. The molecular formula is C12H17N3O2. The first-order valence-electron chi connectivity index (χ1n) is 5.67. The van der Waals surface area contributed by atoms with Crippen molar-refractivity contribution in [1.29, 1.82) is 0 Å². The van der Waals surface area contributed by atoms with Gasteiger partial charge < -0.3 is 4.74 Å². The molecule has 0 bridgehead atoms. The minimum Gasteiger partial charge on any atom is -0.377 e. The van der Waals surface area contributed by atoms with Gasteiger partial charge in [-0.05, 0) is 12.0 Å². The molecule has 0 aromatic carbocycles. The molecule has 2 rings (SSSR count). The van der Waals surface area contributed by atoms with Crippen molar-refractivity contribution in [3.05, 3.63) is 29.5 Å². The molecular weight excluding hydrogens is 218 g/mol. The summed E-state index contributed by atoms with van der Waals surface area (Å²) in [6.45, 7) is 12.7. The first-order chi connectivity index (χ1) is 8.06.